The summed E-state index contributed by atoms with van der Waals surface area (Å²) < 4.78 is 5.85. The molecular formula is C17H21NO2. The van der Waals surface area contributed by atoms with Crippen molar-refractivity contribution in [2.75, 3.05) is 0 Å². The molecule has 106 valence electrons. The minimum absolute atomic E-state index is 0.424. The molecule has 0 radical (unpaired) electrons. The number of hydrogen-bond acceptors (Lipinski definition) is 3. The molecule has 3 heteroatoms. The molecule has 20 heavy (non-hydrogen) atoms. The van der Waals surface area contributed by atoms with E-state index in [4.69, 9.17) is 10.5 Å². The van der Waals surface area contributed by atoms with Crippen LogP contribution in [-0.2, 0) is 6.61 Å². The highest BCUT2D eigenvalue weighted by molar-refractivity contribution is 5.36. The highest BCUT2D eigenvalue weighted by atomic mass is 16.5. The molecule has 3 N–H and O–H groups in total. The fourth-order valence-electron chi connectivity index (χ4n) is 2.08. The fourth-order valence-corrected chi connectivity index (χ4v) is 2.08. The van der Waals surface area contributed by atoms with Gasteiger partial charge in [-0.1, -0.05) is 55.5 Å². The Bertz CT molecular complexity index is 528. The SMILES string of the molecule is CC[C@H](O)[C@H](N)c1ccccc1OCc1ccccc1. The van der Waals surface area contributed by atoms with Gasteiger partial charge in [-0.25, -0.2) is 0 Å². The van der Waals surface area contributed by atoms with E-state index in [1.54, 1.807) is 0 Å². The van der Waals surface area contributed by atoms with Crippen molar-refractivity contribution < 1.29 is 9.84 Å². The van der Waals surface area contributed by atoms with Gasteiger partial charge in [0, 0.05) is 5.56 Å². The third kappa shape index (κ3) is 3.59. The summed E-state index contributed by atoms with van der Waals surface area (Å²) in [6.45, 7) is 2.41. The number of benzene rings is 2. The summed E-state index contributed by atoms with van der Waals surface area (Å²) in [5.74, 6) is 0.733. The van der Waals surface area contributed by atoms with E-state index < -0.39 is 12.1 Å². The first-order valence-electron chi connectivity index (χ1n) is 6.91. The normalized spacial score (nSPS) is 13.8. The molecule has 2 atom stereocenters. The highest BCUT2D eigenvalue weighted by Crippen LogP contribution is 2.27. The average molecular weight is 271 g/mol. The van der Waals surface area contributed by atoms with Gasteiger partial charge < -0.3 is 15.6 Å². The number of aliphatic hydroxyl groups is 1. The summed E-state index contributed by atoms with van der Waals surface area (Å²) in [4.78, 5) is 0. The molecule has 2 aromatic rings. The van der Waals surface area contributed by atoms with E-state index in [0.29, 0.717) is 13.0 Å². The van der Waals surface area contributed by atoms with E-state index in [9.17, 15) is 5.11 Å². The molecule has 3 nitrogen and oxygen atoms in total. The number of para-hydroxylation sites is 1. The highest BCUT2D eigenvalue weighted by Gasteiger charge is 2.18. The van der Waals surface area contributed by atoms with Crippen molar-refractivity contribution in [2.24, 2.45) is 5.73 Å². The molecule has 0 fully saturated rings. The van der Waals surface area contributed by atoms with Crippen LogP contribution in [-0.4, -0.2) is 11.2 Å². The standard InChI is InChI=1S/C17H21NO2/c1-2-15(19)17(18)14-10-6-7-11-16(14)20-12-13-8-4-3-5-9-13/h3-11,15,17,19H,2,12,18H2,1H3/t15-,17+/m0/s1. The molecule has 0 aliphatic heterocycles. The van der Waals surface area contributed by atoms with Crippen molar-refractivity contribution in [1.82, 2.24) is 0 Å². The van der Waals surface area contributed by atoms with Gasteiger partial charge in [0.15, 0.2) is 0 Å². The van der Waals surface area contributed by atoms with Crippen LogP contribution in [0.4, 0.5) is 0 Å². The lowest BCUT2D eigenvalue weighted by Gasteiger charge is -2.20. The molecule has 0 saturated heterocycles. The van der Waals surface area contributed by atoms with Crippen LogP contribution in [0.15, 0.2) is 54.6 Å². The maximum absolute atomic E-state index is 9.91. The van der Waals surface area contributed by atoms with Crippen molar-refractivity contribution in [3.05, 3.63) is 65.7 Å². The summed E-state index contributed by atoms with van der Waals surface area (Å²) in [6.07, 6.45) is 0.0604. The van der Waals surface area contributed by atoms with Gasteiger partial charge in [0.1, 0.15) is 12.4 Å². The van der Waals surface area contributed by atoms with Gasteiger partial charge in [0.25, 0.3) is 0 Å². The van der Waals surface area contributed by atoms with E-state index in [-0.39, 0.29) is 0 Å². The molecule has 0 aromatic heterocycles. The first kappa shape index (κ1) is 14.6. The number of ether oxygens (including phenoxy) is 1. The van der Waals surface area contributed by atoms with Gasteiger partial charge >= 0.3 is 0 Å². The maximum atomic E-state index is 9.91. The summed E-state index contributed by atoms with van der Waals surface area (Å²) in [5, 5.41) is 9.91. The van der Waals surface area contributed by atoms with Crippen molar-refractivity contribution in [3.8, 4) is 5.75 Å². The van der Waals surface area contributed by atoms with E-state index in [1.165, 1.54) is 0 Å². The van der Waals surface area contributed by atoms with Gasteiger partial charge in [-0.2, -0.15) is 0 Å². The lowest BCUT2D eigenvalue weighted by Crippen LogP contribution is -2.25. The Kier molecular flexibility index (Phi) is 5.16. The zero-order valence-corrected chi connectivity index (χ0v) is 11.7. The molecular weight excluding hydrogens is 250 g/mol. The fraction of sp³-hybridized carbons (Fsp3) is 0.294. The van der Waals surface area contributed by atoms with Gasteiger partial charge in [-0.05, 0) is 18.1 Å². The summed E-state index contributed by atoms with van der Waals surface area (Å²) in [7, 11) is 0. The van der Waals surface area contributed by atoms with Crippen molar-refractivity contribution in [2.45, 2.75) is 32.1 Å². The average Bonchev–Trinajstić information content (AvgIpc) is 2.52. The van der Waals surface area contributed by atoms with Crippen LogP contribution in [0.2, 0.25) is 0 Å². The lowest BCUT2D eigenvalue weighted by atomic mass is 10.00. The third-order valence-electron chi connectivity index (χ3n) is 3.35. The van der Waals surface area contributed by atoms with E-state index in [2.05, 4.69) is 0 Å². The first-order chi connectivity index (χ1) is 9.72. The molecule has 0 saturated carbocycles. The van der Waals surface area contributed by atoms with Crippen molar-refractivity contribution in [1.29, 1.82) is 0 Å². The first-order valence-corrected chi connectivity index (χ1v) is 6.91. The maximum Gasteiger partial charge on any atom is 0.124 e. The topological polar surface area (TPSA) is 55.5 Å². The van der Waals surface area contributed by atoms with Crippen molar-refractivity contribution >= 4 is 0 Å². The van der Waals surface area contributed by atoms with Crippen LogP contribution in [0.1, 0.15) is 30.5 Å². The Morgan fingerprint density at radius 2 is 1.70 bits per heavy atom. The quantitative estimate of drug-likeness (QED) is 0.849. The number of aliphatic hydroxyl groups excluding tert-OH is 1. The van der Waals surface area contributed by atoms with Crippen LogP contribution in [0.5, 0.6) is 5.75 Å². The monoisotopic (exact) mass is 271 g/mol. The van der Waals surface area contributed by atoms with Gasteiger partial charge in [0.2, 0.25) is 0 Å². The second-order valence-corrected chi connectivity index (χ2v) is 4.81. The Hall–Kier alpha value is -1.84. The van der Waals surface area contributed by atoms with Crippen LogP contribution in [0.25, 0.3) is 0 Å². The Labute approximate surface area is 120 Å². The molecule has 0 amide bonds. The van der Waals surface area contributed by atoms with Crippen LogP contribution in [0, 0.1) is 0 Å². The molecule has 0 heterocycles. The molecule has 2 rings (SSSR count). The minimum Gasteiger partial charge on any atom is -0.489 e. The Morgan fingerprint density at radius 1 is 1.05 bits per heavy atom. The summed E-state index contributed by atoms with van der Waals surface area (Å²) in [5.41, 5.74) is 8.04. The number of rotatable bonds is 6. The van der Waals surface area contributed by atoms with Crippen molar-refractivity contribution in [3.63, 3.8) is 0 Å². The minimum atomic E-state index is -0.559. The van der Waals surface area contributed by atoms with E-state index in [1.807, 2.05) is 61.5 Å². The molecule has 0 spiro atoms. The van der Waals surface area contributed by atoms with E-state index in [0.717, 1.165) is 16.9 Å². The zero-order valence-electron chi connectivity index (χ0n) is 11.7. The predicted octanol–water partition coefficient (Wildman–Crippen LogP) is 3.04. The van der Waals surface area contributed by atoms with Gasteiger partial charge in [-0.15, -0.1) is 0 Å². The number of hydrogen-bond donors (Lipinski definition) is 2. The summed E-state index contributed by atoms with van der Waals surface area (Å²) >= 11 is 0. The lowest BCUT2D eigenvalue weighted by molar-refractivity contribution is 0.138. The molecule has 0 bridgehead atoms. The smallest absolute Gasteiger partial charge is 0.124 e. The Morgan fingerprint density at radius 3 is 2.40 bits per heavy atom. The van der Waals surface area contributed by atoms with Gasteiger partial charge in [-0.3, -0.25) is 0 Å². The second-order valence-electron chi connectivity index (χ2n) is 4.81. The largest absolute Gasteiger partial charge is 0.489 e. The molecule has 0 unspecified atom stereocenters. The molecule has 2 aromatic carbocycles. The number of nitrogens with two attached hydrogens (primary N) is 1. The van der Waals surface area contributed by atoms with E-state index >= 15 is 0 Å². The Balaban J connectivity index is 2.12. The summed E-state index contributed by atoms with van der Waals surface area (Å²) in [6, 6.07) is 17.2. The van der Waals surface area contributed by atoms with Crippen LogP contribution < -0.4 is 10.5 Å². The zero-order chi connectivity index (χ0) is 14.4. The third-order valence-corrected chi connectivity index (χ3v) is 3.35. The van der Waals surface area contributed by atoms with Crippen LogP contribution >= 0.6 is 0 Å². The predicted molar refractivity (Wildman–Crippen MR) is 80.4 cm³/mol. The van der Waals surface area contributed by atoms with Gasteiger partial charge in [0.05, 0.1) is 12.1 Å². The van der Waals surface area contributed by atoms with Crippen LogP contribution in [0.3, 0.4) is 0 Å². The second kappa shape index (κ2) is 7.08. The molecule has 0 aliphatic carbocycles. The molecule has 0 aliphatic rings.